The van der Waals surface area contributed by atoms with Crippen LogP contribution in [0.25, 0.3) is 0 Å². The first-order valence-corrected chi connectivity index (χ1v) is 9.26. The van der Waals surface area contributed by atoms with Crippen molar-refractivity contribution in [2.45, 2.75) is 13.5 Å². The standard InChI is InChI=1S/C21H18Cl2N2O2/c1-2-25(18-6-4-3-5-7-18)21(27)16-9-11-20(26)24(14-16)13-15-8-10-17(22)12-19(15)23/h3-12,14H,2,13H2,1H3. The van der Waals surface area contributed by atoms with Gasteiger partial charge in [-0.2, -0.15) is 0 Å². The smallest absolute Gasteiger partial charge is 0.259 e. The third-order valence-electron chi connectivity index (χ3n) is 4.22. The van der Waals surface area contributed by atoms with Crippen LogP contribution in [0.1, 0.15) is 22.8 Å². The molecule has 0 unspecified atom stereocenters. The fourth-order valence-corrected chi connectivity index (χ4v) is 3.29. The van der Waals surface area contributed by atoms with Crippen LogP contribution in [0.15, 0.2) is 71.7 Å². The summed E-state index contributed by atoms with van der Waals surface area (Å²) in [6.45, 7) is 2.69. The minimum absolute atomic E-state index is 0.167. The molecule has 1 heterocycles. The molecule has 27 heavy (non-hydrogen) atoms. The van der Waals surface area contributed by atoms with Crippen LogP contribution in [0, 0.1) is 0 Å². The lowest BCUT2D eigenvalue weighted by Gasteiger charge is -2.21. The molecule has 0 radical (unpaired) electrons. The van der Waals surface area contributed by atoms with Gasteiger partial charge in [-0.1, -0.05) is 47.5 Å². The van der Waals surface area contributed by atoms with Crippen molar-refractivity contribution in [3.8, 4) is 0 Å². The van der Waals surface area contributed by atoms with E-state index in [1.165, 1.54) is 10.6 Å². The van der Waals surface area contributed by atoms with E-state index >= 15 is 0 Å². The lowest BCUT2D eigenvalue weighted by Crippen LogP contribution is -2.32. The molecule has 6 heteroatoms. The zero-order valence-corrected chi connectivity index (χ0v) is 16.2. The quantitative estimate of drug-likeness (QED) is 0.612. The van der Waals surface area contributed by atoms with Gasteiger partial charge in [0.2, 0.25) is 0 Å². The predicted octanol–water partition coefficient (Wildman–Crippen LogP) is 4.87. The summed E-state index contributed by atoms with van der Waals surface area (Å²) in [5.41, 5.74) is 1.79. The van der Waals surface area contributed by atoms with E-state index in [9.17, 15) is 9.59 Å². The molecule has 0 bridgehead atoms. The van der Waals surface area contributed by atoms with Gasteiger partial charge in [0, 0.05) is 34.5 Å². The molecule has 0 aliphatic heterocycles. The Morgan fingerprint density at radius 2 is 1.78 bits per heavy atom. The number of hydrogen-bond acceptors (Lipinski definition) is 2. The Morgan fingerprint density at radius 1 is 1.04 bits per heavy atom. The van der Waals surface area contributed by atoms with Crippen LogP contribution in [0.4, 0.5) is 5.69 Å². The van der Waals surface area contributed by atoms with Crippen LogP contribution in [0.5, 0.6) is 0 Å². The molecule has 0 saturated heterocycles. The highest BCUT2D eigenvalue weighted by Crippen LogP contribution is 2.22. The number of amides is 1. The lowest BCUT2D eigenvalue weighted by molar-refractivity contribution is 0.0987. The first kappa shape index (κ1) is 19.2. The molecule has 4 nitrogen and oxygen atoms in total. The number of hydrogen-bond donors (Lipinski definition) is 0. The summed E-state index contributed by atoms with van der Waals surface area (Å²) in [5, 5.41) is 1.01. The van der Waals surface area contributed by atoms with Crippen molar-refractivity contribution in [2.75, 3.05) is 11.4 Å². The van der Waals surface area contributed by atoms with Gasteiger partial charge in [-0.3, -0.25) is 9.59 Å². The number of benzene rings is 2. The first-order chi connectivity index (χ1) is 13.0. The van der Waals surface area contributed by atoms with E-state index in [1.807, 2.05) is 37.3 Å². The third kappa shape index (κ3) is 4.41. The van der Waals surface area contributed by atoms with Gasteiger partial charge in [0.25, 0.3) is 11.5 Å². The van der Waals surface area contributed by atoms with E-state index in [4.69, 9.17) is 23.2 Å². The summed E-state index contributed by atoms with van der Waals surface area (Å²) in [4.78, 5) is 26.9. The topological polar surface area (TPSA) is 42.3 Å². The largest absolute Gasteiger partial charge is 0.310 e. The molecule has 0 fully saturated rings. The number of carbonyl (C=O) groups excluding carboxylic acids is 1. The van der Waals surface area contributed by atoms with E-state index < -0.39 is 0 Å². The summed E-state index contributed by atoms with van der Waals surface area (Å²) in [6, 6.07) is 17.5. The van der Waals surface area contributed by atoms with Crippen molar-refractivity contribution >= 4 is 34.8 Å². The summed E-state index contributed by atoms with van der Waals surface area (Å²) in [7, 11) is 0. The van der Waals surface area contributed by atoms with Gasteiger partial charge in [0.1, 0.15) is 0 Å². The van der Waals surface area contributed by atoms with Gasteiger partial charge in [-0.05, 0) is 42.8 Å². The van der Waals surface area contributed by atoms with Gasteiger partial charge in [0.15, 0.2) is 0 Å². The highest BCUT2D eigenvalue weighted by atomic mass is 35.5. The molecule has 138 valence electrons. The minimum Gasteiger partial charge on any atom is -0.310 e. The van der Waals surface area contributed by atoms with E-state index in [2.05, 4.69) is 0 Å². The number of carbonyl (C=O) groups is 1. The molecule has 0 aliphatic rings. The van der Waals surface area contributed by atoms with Crippen molar-refractivity contribution in [2.24, 2.45) is 0 Å². The SMILES string of the molecule is CCN(C(=O)c1ccc(=O)n(Cc2ccc(Cl)cc2Cl)c1)c1ccccc1. The highest BCUT2D eigenvalue weighted by molar-refractivity contribution is 6.35. The van der Waals surface area contributed by atoms with Crippen LogP contribution >= 0.6 is 23.2 Å². The Morgan fingerprint density at radius 3 is 2.44 bits per heavy atom. The second-order valence-corrected chi connectivity index (χ2v) is 6.85. The normalized spacial score (nSPS) is 10.6. The average molecular weight is 401 g/mol. The number of pyridine rings is 1. The van der Waals surface area contributed by atoms with Crippen LogP contribution in [-0.4, -0.2) is 17.0 Å². The molecule has 0 atom stereocenters. The fraction of sp³-hybridized carbons (Fsp3) is 0.143. The number of anilines is 1. The minimum atomic E-state index is -0.208. The molecule has 0 N–H and O–H groups in total. The fourth-order valence-electron chi connectivity index (χ4n) is 2.82. The van der Waals surface area contributed by atoms with Gasteiger partial charge in [-0.25, -0.2) is 0 Å². The van der Waals surface area contributed by atoms with E-state index in [0.29, 0.717) is 22.2 Å². The van der Waals surface area contributed by atoms with Crippen LogP contribution < -0.4 is 10.5 Å². The Labute approximate surface area is 167 Å². The van der Waals surface area contributed by atoms with Crippen molar-refractivity contribution < 1.29 is 4.79 Å². The summed E-state index contributed by atoms with van der Waals surface area (Å²) in [5.74, 6) is -0.167. The van der Waals surface area contributed by atoms with Crippen molar-refractivity contribution in [3.63, 3.8) is 0 Å². The molecule has 1 aromatic heterocycles. The Balaban J connectivity index is 1.92. The van der Waals surface area contributed by atoms with Crippen LogP contribution in [-0.2, 0) is 6.54 Å². The third-order valence-corrected chi connectivity index (χ3v) is 4.80. The number of aromatic nitrogens is 1. The van der Waals surface area contributed by atoms with E-state index in [0.717, 1.165) is 11.3 Å². The Bertz CT molecular complexity index is 1020. The van der Waals surface area contributed by atoms with Crippen molar-refractivity contribution in [1.82, 2.24) is 4.57 Å². The molecule has 3 aromatic rings. The number of rotatable bonds is 5. The highest BCUT2D eigenvalue weighted by Gasteiger charge is 2.17. The molecule has 3 rings (SSSR count). The molecule has 2 aromatic carbocycles. The zero-order valence-electron chi connectivity index (χ0n) is 14.7. The van der Waals surface area contributed by atoms with Gasteiger partial charge >= 0.3 is 0 Å². The molecule has 0 aliphatic carbocycles. The molecule has 0 spiro atoms. The van der Waals surface area contributed by atoms with Crippen molar-refractivity contribution in [1.29, 1.82) is 0 Å². The second kappa shape index (κ2) is 8.42. The lowest BCUT2D eigenvalue weighted by atomic mass is 10.2. The Kier molecular flexibility index (Phi) is 5.99. The van der Waals surface area contributed by atoms with Crippen LogP contribution in [0.2, 0.25) is 10.0 Å². The maximum absolute atomic E-state index is 13.0. The molecule has 1 amide bonds. The van der Waals surface area contributed by atoms with E-state index in [-0.39, 0.29) is 18.0 Å². The summed E-state index contributed by atoms with van der Waals surface area (Å²) >= 11 is 12.1. The predicted molar refractivity (Wildman–Crippen MR) is 110 cm³/mol. The second-order valence-electron chi connectivity index (χ2n) is 6.00. The van der Waals surface area contributed by atoms with E-state index in [1.54, 1.807) is 35.4 Å². The van der Waals surface area contributed by atoms with Gasteiger partial charge in [0.05, 0.1) is 12.1 Å². The van der Waals surface area contributed by atoms with Gasteiger partial charge < -0.3 is 9.47 Å². The first-order valence-electron chi connectivity index (χ1n) is 8.51. The summed E-state index contributed by atoms with van der Waals surface area (Å²) in [6.07, 6.45) is 1.57. The molecular formula is C21H18Cl2N2O2. The average Bonchev–Trinajstić information content (AvgIpc) is 2.67. The molecular weight excluding hydrogens is 383 g/mol. The number of para-hydroxylation sites is 1. The van der Waals surface area contributed by atoms with Crippen LogP contribution in [0.3, 0.4) is 0 Å². The number of halogens is 2. The van der Waals surface area contributed by atoms with Crippen molar-refractivity contribution in [3.05, 3.63) is 98.4 Å². The maximum atomic E-state index is 13.0. The Hall–Kier alpha value is -2.56. The maximum Gasteiger partial charge on any atom is 0.259 e. The zero-order chi connectivity index (χ0) is 19.4. The monoisotopic (exact) mass is 400 g/mol. The molecule has 0 saturated carbocycles. The number of nitrogens with zero attached hydrogens (tertiary/aromatic N) is 2. The summed E-state index contributed by atoms with van der Waals surface area (Å²) < 4.78 is 1.47. The van der Waals surface area contributed by atoms with Gasteiger partial charge in [-0.15, -0.1) is 0 Å².